The molecule has 178 valence electrons. The van der Waals surface area contributed by atoms with Crippen molar-refractivity contribution >= 4 is 68.9 Å². The summed E-state index contributed by atoms with van der Waals surface area (Å²) in [5.74, 6) is 0.0760. The van der Waals surface area contributed by atoms with E-state index in [1.165, 1.54) is 11.8 Å². The molecule has 2 amide bonds. The molecule has 35 heavy (non-hydrogen) atoms. The van der Waals surface area contributed by atoms with Crippen molar-refractivity contribution in [2.24, 2.45) is 0 Å². The van der Waals surface area contributed by atoms with Crippen molar-refractivity contribution in [3.05, 3.63) is 89.2 Å². The summed E-state index contributed by atoms with van der Waals surface area (Å²) in [5.41, 5.74) is 1.16. The number of hydrogen-bond donors (Lipinski definition) is 2. The number of anilines is 2. The molecule has 0 unspecified atom stereocenters. The number of thioether (sulfide) groups is 1. The SMILES string of the molecule is C=CCn1c(CC(=O)Nc2cccc(Cl)c2Cl)nnc1SCC(=O)Nc1cccc2ccccc12. The van der Waals surface area contributed by atoms with Crippen LogP contribution in [-0.2, 0) is 22.6 Å². The van der Waals surface area contributed by atoms with Gasteiger partial charge in [0.1, 0.15) is 5.82 Å². The first-order valence-corrected chi connectivity index (χ1v) is 12.4. The summed E-state index contributed by atoms with van der Waals surface area (Å²) in [6.07, 6.45) is 1.64. The zero-order chi connectivity index (χ0) is 24.8. The molecule has 0 aliphatic heterocycles. The normalized spacial score (nSPS) is 10.8. The Kier molecular flexibility index (Phi) is 8.07. The Morgan fingerprint density at radius 3 is 2.49 bits per heavy atom. The van der Waals surface area contributed by atoms with Gasteiger partial charge < -0.3 is 15.2 Å². The van der Waals surface area contributed by atoms with Crippen LogP contribution in [0.5, 0.6) is 0 Å². The molecule has 0 aliphatic carbocycles. The Balaban J connectivity index is 1.41. The molecule has 7 nitrogen and oxygen atoms in total. The Morgan fingerprint density at radius 1 is 0.943 bits per heavy atom. The fraction of sp³-hybridized carbons (Fsp3) is 0.120. The third kappa shape index (κ3) is 6.03. The van der Waals surface area contributed by atoms with E-state index >= 15 is 0 Å². The number of benzene rings is 3. The minimum atomic E-state index is -0.322. The Hall–Kier alpha value is -3.33. The first-order valence-electron chi connectivity index (χ1n) is 10.6. The van der Waals surface area contributed by atoms with Gasteiger partial charge >= 0.3 is 0 Å². The number of nitrogens with one attached hydrogen (secondary N) is 2. The van der Waals surface area contributed by atoms with Gasteiger partial charge in [-0.3, -0.25) is 9.59 Å². The molecule has 0 atom stereocenters. The Morgan fingerprint density at radius 2 is 1.66 bits per heavy atom. The van der Waals surface area contributed by atoms with E-state index in [-0.39, 0.29) is 29.0 Å². The van der Waals surface area contributed by atoms with E-state index in [0.29, 0.717) is 28.2 Å². The fourth-order valence-corrected chi connectivity index (χ4v) is 4.57. The van der Waals surface area contributed by atoms with Crippen molar-refractivity contribution < 1.29 is 9.59 Å². The largest absolute Gasteiger partial charge is 0.325 e. The molecule has 4 aromatic rings. The van der Waals surface area contributed by atoms with Gasteiger partial charge in [-0.05, 0) is 23.6 Å². The standard InChI is InChI=1S/C25H21Cl2N5O2S/c1-2-13-32-21(14-22(33)29-20-12-6-10-18(26)24(20)27)30-31-25(32)35-15-23(34)28-19-11-5-8-16-7-3-4-9-17(16)19/h2-12H,1,13-15H2,(H,28,34)(H,29,33). The number of nitrogens with zero attached hydrogens (tertiary/aromatic N) is 3. The minimum absolute atomic E-state index is 0.0353. The lowest BCUT2D eigenvalue weighted by Gasteiger charge is -2.10. The zero-order valence-electron chi connectivity index (χ0n) is 18.5. The van der Waals surface area contributed by atoms with E-state index in [2.05, 4.69) is 27.4 Å². The summed E-state index contributed by atoms with van der Waals surface area (Å²) in [6, 6.07) is 18.6. The summed E-state index contributed by atoms with van der Waals surface area (Å²) >= 11 is 13.4. The van der Waals surface area contributed by atoms with Crippen molar-refractivity contribution in [3.8, 4) is 0 Å². The van der Waals surface area contributed by atoms with E-state index in [4.69, 9.17) is 23.2 Å². The van der Waals surface area contributed by atoms with Gasteiger partial charge in [-0.2, -0.15) is 0 Å². The smallest absolute Gasteiger partial charge is 0.234 e. The number of halogens is 2. The second-order valence-electron chi connectivity index (χ2n) is 7.49. The van der Waals surface area contributed by atoms with Crippen molar-refractivity contribution in [2.75, 3.05) is 16.4 Å². The van der Waals surface area contributed by atoms with E-state index < -0.39 is 0 Å². The van der Waals surface area contributed by atoms with Gasteiger partial charge in [0.05, 0.1) is 27.9 Å². The van der Waals surface area contributed by atoms with Crippen LogP contribution in [-0.4, -0.2) is 32.3 Å². The molecule has 0 radical (unpaired) electrons. The molecule has 1 heterocycles. The van der Waals surface area contributed by atoms with Crippen LogP contribution in [0.2, 0.25) is 10.0 Å². The van der Waals surface area contributed by atoms with Gasteiger partial charge in [0, 0.05) is 17.6 Å². The number of hydrogen-bond acceptors (Lipinski definition) is 5. The zero-order valence-corrected chi connectivity index (χ0v) is 20.8. The molecule has 0 fully saturated rings. The number of amides is 2. The summed E-state index contributed by atoms with van der Waals surface area (Å²) < 4.78 is 1.75. The molecule has 4 rings (SSSR count). The number of carbonyl (C=O) groups excluding carboxylic acids is 2. The topological polar surface area (TPSA) is 88.9 Å². The summed E-state index contributed by atoms with van der Waals surface area (Å²) in [5, 5.41) is 17.2. The van der Waals surface area contributed by atoms with Crippen LogP contribution < -0.4 is 10.6 Å². The van der Waals surface area contributed by atoms with Gasteiger partial charge in [0.25, 0.3) is 0 Å². The van der Waals surface area contributed by atoms with E-state index in [1.807, 2.05) is 42.5 Å². The van der Waals surface area contributed by atoms with Crippen molar-refractivity contribution in [2.45, 2.75) is 18.1 Å². The van der Waals surface area contributed by atoms with Gasteiger partial charge in [-0.1, -0.05) is 83.5 Å². The maximum Gasteiger partial charge on any atom is 0.234 e. The molecular formula is C25H21Cl2N5O2S. The van der Waals surface area contributed by atoms with E-state index in [1.54, 1.807) is 28.8 Å². The maximum absolute atomic E-state index is 12.6. The Labute approximate surface area is 216 Å². The first kappa shape index (κ1) is 24.8. The second kappa shape index (κ2) is 11.4. The monoisotopic (exact) mass is 525 g/mol. The van der Waals surface area contributed by atoms with Crippen LogP contribution in [0.15, 0.2) is 78.5 Å². The molecular weight excluding hydrogens is 505 g/mol. The quantitative estimate of drug-likeness (QED) is 0.212. The number of allylic oxidation sites excluding steroid dienone is 1. The van der Waals surface area contributed by atoms with Crippen LogP contribution in [0.1, 0.15) is 5.82 Å². The highest BCUT2D eigenvalue weighted by Crippen LogP contribution is 2.29. The highest BCUT2D eigenvalue weighted by Gasteiger charge is 2.17. The fourth-order valence-electron chi connectivity index (χ4n) is 3.46. The van der Waals surface area contributed by atoms with Gasteiger partial charge in [0.2, 0.25) is 11.8 Å². The molecule has 3 aromatic carbocycles. The second-order valence-corrected chi connectivity index (χ2v) is 9.22. The molecule has 2 N–H and O–H groups in total. The van der Waals surface area contributed by atoms with Crippen LogP contribution in [0, 0.1) is 0 Å². The molecule has 0 saturated heterocycles. The third-order valence-corrected chi connectivity index (χ3v) is 6.83. The minimum Gasteiger partial charge on any atom is -0.325 e. The molecule has 0 saturated carbocycles. The number of fused-ring (bicyclic) bond motifs is 1. The lowest BCUT2D eigenvalue weighted by molar-refractivity contribution is -0.116. The molecule has 0 aliphatic rings. The average molecular weight is 526 g/mol. The van der Waals surface area contributed by atoms with Crippen LogP contribution in [0.4, 0.5) is 11.4 Å². The van der Waals surface area contributed by atoms with Crippen molar-refractivity contribution in [1.82, 2.24) is 14.8 Å². The van der Waals surface area contributed by atoms with Gasteiger partial charge in [-0.15, -0.1) is 16.8 Å². The van der Waals surface area contributed by atoms with Crippen molar-refractivity contribution in [3.63, 3.8) is 0 Å². The van der Waals surface area contributed by atoms with E-state index in [0.717, 1.165) is 16.5 Å². The predicted molar refractivity (Wildman–Crippen MR) is 142 cm³/mol. The summed E-state index contributed by atoms with van der Waals surface area (Å²) in [4.78, 5) is 25.2. The highest BCUT2D eigenvalue weighted by atomic mass is 35.5. The van der Waals surface area contributed by atoms with Gasteiger partial charge in [-0.25, -0.2) is 0 Å². The molecule has 0 bridgehead atoms. The first-order chi connectivity index (χ1) is 17.0. The lowest BCUT2D eigenvalue weighted by Crippen LogP contribution is -2.18. The average Bonchev–Trinajstić information content (AvgIpc) is 3.22. The maximum atomic E-state index is 12.6. The van der Waals surface area contributed by atoms with Crippen LogP contribution in [0.3, 0.4) is 0 Å². The summed E-state index contributed by atoms with van der Waals surface area (Å²) in [7, 11) is 0. The lowest BCUT2D eigenvalue weighted by atomic mass is 10.1. The number of aromatic nitrogens is 3. The molecule has 10 heteroatoms. The number of carbonyl (C=O) groups is 2. The van der Waals surface area contributed by atoms with Crippen molar-refractivity contribution in [1.29, 1.82) is 0 Å². The Bertz CT molecular complexity index is 1400. The van der Waals surface area contributed by atoms with E-state index in [9.17, 15) is 9.59 Å². The van der Waals surface area contributed by atoms with Crippen LogP contribution in [0.25, 0.3) is 10.8 Å². The molecule has 1 aromatic heterocycles. The highest BCUT2D eigenvalue weighted by molar-refractivity contribution is 7.99. The molecule has 0 spiro atoms. The number of rotatable bonds is 9. The summed E-state index contributed by atoms with van der Waals surface area (Å²) in [6.45, 7) is 4.16. The van der Waals surface area contributed by atoms with Gasteiger partial charge in [0.15, 0.2) is 5.16 Å². The predicted octanol–water partition coefficient (Wildman–Crippen LogP) is 5.84. The third-order valence-electron chi connectivity index (χ3n) is 5.05. The van der Waals surface area contributed by atoms with Crippen LogP contribution >= 0.6 is 35.0 Å².